The third-order valence-electron chi connectivity index (χ3n) is 6.33. The molecule has 6 heteroatoms. The first-order valence-electron chi connectivity index (χ1n) is 12.0. The van der Waals surface area contributed by atoms with Crippen molar-refractivity contribution in [1.29, 1.82) is 0 Å². The number of ether oxygens (including phenoxy) is 1. The van der Waals surface area contributed by atoms with Crippen molar-refractivity contribution in [3.8, 4) is 0 Å². The number of fused-ring (bicyclic) bond motifs is 1. The molecule has 1 heterocycles. The Kier molecular flexibility index (Phi) is 7.53. The fourth-order valence-corrected chi connectivity index (χ4v) is 5.06. The van der Waals surface area contributed by atoms with Crippen LogP contribution in [0.2, 0.25) is 0 Å². The minimum Gasteiger partial charge on any atom is -0.444 e. The second kappa shape index (κ2) is 9.82. The normalized spacial score (nSPS) is 24.6. The standard InChI is InChI=1S/C26H41N3O3/c1-25(2,3)14-22(28-24(31)32-26(4,5)6)23(30)27-21-13-12-19-16-29(17-20(19)21)15-18-10-8-7-9-11-18/h7-11,19-22H,12-17H2,1-6H3,(H,27,30)(H,28,31)/t19-,20+,21+,22+/m1/s1. The van der Waals surface area contributed by atoms with E-state index in [1.165, 1.54) is 5.56 Å². The molecule has 1 aromatic rings. The Balaban J connectivity index is 1.59. The van der Waals surface area contributed by atoms with Gasteiger partial charge in [-0.25, -0.2) is 4.79 Å². The van der Waals surface area contributed by atoms with Gasteiger partial charge in [0.25, 0.3) is 0 Å². The summed E-state index contributed by atoms with van der Waals surface area (Å²) in [5.74, 6) is 1.00. The molecule has 1 saturated carbocycles. The van der Waals surface area contributed by atoms with Crippen molar-refractivity contribution in [2.45, 2.75) is 85.0 Å². The molecule has 2 fully saturated rings. The van der Waals surface area contributed by atoms with E-state index >= 15 is 0 Å². The summed E-state index contributed by atoms with van der Waals surface area (Å²) in [7, 11) is 0. The number of nitrogens with one attached hydrogen (secondary N) is 2. The van der Waals surface area contributed by atoms with Crippen LogP contribution in [0.5, 0.6) is 0 Å². The summed E-state index contributed by atoms with van der Waals surface area (Å²) >= 11 is 0. The highest BCUT2D eigenvalue weighted by molar-refractivity contribution is 5.86. The van der Waals surface area contributed by atoms with Gasteiger partial charge in [-0.2, -0.15) is 0 Å². The monoisotopic (exact) mass is 443 g/mol. The van der Waals surface area contributed by atoms with Crippen molar-refractivity contribution in [1.82, 2.24) is 15.5 Å². The molecule has 1 aromatic carbocycles. The van der Waals surface area contributed by atoms with E-state index in [1.54, 1.807) is 0 Å². The molecule has 2 amide bonds. The fourth-order valence-electron chi connectivity index (χ4n) is 5.06. The van der Waals surface area contributed by atoms with Crippen molar-refractivity contribution in [3.05, 3.63) is 35.9 Å². The van der Waals surface area contributed by atoms with Gasteiger partial charge in [-0.15, -0.1) is 0 Å². The van der Waals surface area contributed by atoms with Gasteiger partial charge in [0, 0.05) is 25.7 Å². The highest BCUT2D eigenvalue weighted by atomic mass is 16.6. The molecule has 1 aliphatic carbocycles. The van der Waals surface area contributed by atoms with Gasteiger partial charge in [-0.1, -0.05) is 51.1 Å². The number of carbonyl (C=O) groups excluding carboxylic acids is 2. The highest BCUT2D eigenvalue weighted by Crippen LogP contribution is 2.38. The first kappa shape index (κ1) is 24.6. The Morgan fingerprint density at radius 3 is 2.38 bits per heavy atom. The van der Waals surface area contributed by atoms with Gasteiger partial charge < -0.3 is 15.4 Å². The average molecular weight is 444 g/mol. The van der Waals surface area contributed by atoms with E-state index in [2.05, 4.69) is 60.6 Å². The SMILES string of the molecule is CC(C)(C)C[C@H](NC(=O)OC(C)(C)C)C(=O)N[C@H]1CC[C@@H]2CN(Cc3ccccc3)C[C@@H]21. The quantitative estimate of drug-likeness (QED) is 0.686. The molecular weight excluding hydrogens is 402 g/mol. The number of nitrogens with zero attached hydrogens (tertiary/aromatic N) is 1. The topological polar surface area (TPSA) is 70.7 Å². The lowest BCUT2D eigenvalue weighted by Crippen LogP contribution is -2.52. The number of hydrogen-bond acceptors (Lipinski definition) is 4. The summed E-state index contributed by atoms with van der Waals surface area (Å²) in [5.41, 5.74) is 0.631. The number of rotatable bonds is 6. The molecule has 2 N–H and O–H groups in total. The highest BCUT2D eigenvalue weighted by Gasteiger charge is 2.43. The molecule has 1 aliphatic heterocycles. The Bertz CT molecular complexity index is 782. The third kappa shape index (κ3) is 7.22. The largest absolute Gasteiger partial charge is 0.444 e. The van der Waals surface area contributed by atoms with Gasteiger partial charge in [0.05, 0.1) is 0 Å². The lowest BCUT2D eigenvalue weighted by Gasteiger charge is -2.29. The zero-order valence-corrected chi connectivity index (χ0v) is 20.6. The summed E-state index contributed by atoms with van der Waals surface area (Å²) in [4.78, 5) is 28.1. The summed E-state index contributed by atoms with van der Waals surface area (Å²) in [5, 5.41) is 6.11. The molecule has 3 rings (SSSR count). The first-order valence-corrected chi connectivity index (χ1v) is 12.0. The van der Waals surface area contributed by atoms with Crippen LogP contribution in [0.1, 0.15) is 66.4 Å². The summed E-state index contributed by atoms with van der Waals surface area (Å²) in [6.07, 6.45) is 2.17. The third-order valence-corrected chi connectivity index (χ3v) is 6.33. The molecule has 2 aliphatic rings. The van der Waals surface area contributed by atoms with Crippen molar-refractivity contribution >= 4 is 12.0 Å². The van der Waals surface area contributed by atoms with Crippen LogP contribution >= 0.6 is 0 Å². The van der Waals surface area contributed by atoms with Crippen LogP contribution in [0.4, 0.5) is 4.79 Å². The number of likely N-dealkylation sites (tertiary alicyclic amines) is 1. The number of hydrogen-bond donors (Lipinski definition) is 2. The number of carbonyl (C=O) groups is 2. The number of benzene rings is 1. The van der Waals surface area contributed by atoms with Gasteiger partial charge in [0.1, 0.15) is 11.6 Å². The molecule has 178 valence electrons. The second-order valence-electron chi connectivity index (χ2n) is 11.8. The maximum absolute atomic E-state index is 13.2. The fraction of sp³-hybridized carbons (Fsp3) is 0.692. The zero-order valence-electron chi connectivity index (χ0n) is 20.6. The minimum atomic E-state index is -0.606. The molecule has 32 heavy (non-hydrogen) atoms. The van der Waals surface area contributed by atoms with Gasteiger partial charge >= 0.3 is 6.09 Å². The van der Waals surface area contributed by atoms with Crippen LogP contribution in [-0.4, -0.2) is 47.7 Å². The second-order valence-corrected chi connectivity index (χ2v) is 11.8. The minimum absolute atomic E-state index is 0.0991. The maximum atomic E-state index is 13.2. The van der Waals surface area contributed by atoms with Crippen molar-refractivity contribution in [2.75, 3.05) is 13.1 Å². The molecule has 0 aromatic heterocycles. The van der Waals surface area contributed by atoms with Crippen LogP contribution in [0, 0.1) is 17.3 Å². The molecule has 4 atom stereocenters. The number of amides is 2. The van der Waals surface area contributed by atoms with Crippen molar-refractivity contribution in [3.63, 3.8) is 0 Å². The summed E-state index contributed by atoms with van der Waals surface area (Å²) < 4.78 is 5.41. The number of alkyl carbamates (subject to hydrolysis) is 1. The van der Waals surface area contributed by atoms with Gasteiger partial charge in [0.15, 0.2) is 0 Å². The predicted molar refractivity (Wildman–Crippen MR) is 127 cm³/mol. The molecule has 0 spiro atoms. The van der Waals surface area contributed by atoms with Crippen LogP contribution in [0.25, 0.3) is 0 Å². The smallest absolute Gasteiger partial charge is 0.408 e. The average Bonchev–Trinajstić information content (AvgIpc) is 3.20. The predicted octanol–water partition coefficient (Wildman–Crippen LogP) is 4.34. The van der Waals surface area contributed by atoms with E-state index in [9.17, 15) is 9.59 Å². The molecule has 0 radical (unpaired) electrons. The van der Waals surface area contributed by atoms with Crippen molar-refractivity contribution in [2.24, 2.45) is 17.3 Å². The zero-order chi connectivity index (χ0) is 23.5. The molecule has 0 bridgehead atoms. The van der Waals surface area contributed by atoms with Gasteiger partial charge in [-0.05, 0) is 62.8 Å². The lowest BCUT2D eigenvalue weighted by molar-refractivity contribution is -0.124. The lowest BCUT2D eigenvalue weighted by atomic mass is 9.87. The first-order chi connectivity index (χ1) is 14.9. The maximum Gasteiger partial charge on any atom is 0.408 e. The van der Waals surface area contributed by atoms with Crippen molar-refractivity contribution < 1.29 is 14.3 Å². The van der Waals surface area contributed by atoms with E-state index < -0.39 is 17.7 Å². The molecule has 6 nitrogen and oxygen atoms in total. The molecule has 1 saturated heterocycles. The molecular formula is C26H41N3O3. The van der Waals surface area contributed by atoms with Gasteiger partial charge in [0.2, 0.25) is 5.91 Å². The van der Waals surface area contributed by atoms with E-state index in [-0.39, 0.29) is 17.4 Å². The van der Waals surface area contributed by atoms with Gasteiger partial charge in [-0.3, -0.25) is 9.69 Å². The van der Waals surface area contributed by atoms with E-state index in [1.807, 2.05) is 26.8 Å². The van der Waals surface area contributed by atoms with Crippen LogP contribution in [-0.2, 0) is 16.1 Å². The Hall–Kier alpha value is -2.08. The van der Waals surface area contributed by atoms with E-state index in [4.69, 9.17) is 4.74 Å². The van der Waals surface area contributed by atoms with Crippen LogP contribution in [0.15, 0.2) is 30.3 Å². The van der Waals surface area contributed by atoms with E-state index in [0.29, 0.717) is 18.3 Å². The van der Waals surface area contributed by atoms with Crippen LogP contribution < -0.4 is 10.6 Å². The summed E-state index contributed by atoms with van der Waals surface area (Å²) in [6, 6.07) is 10.1. The Morgan fingerprint density at radius 2 is 1.75 bits per heavy atom. The molecule has 0 unspecified atom stereocenters. The van der Waals surface area contributed by atoms with E-state index in [0.717, 1.165) is 32.5 Å². The Morgan fingerprint density at radius 1 is 1.06 bits per heavy atom. The Labute approximate surface area is 193 Å². The summed E-state index contributed by atoms with van der Waals surface area (Å²) in [6.45, 7) is 14.8. The van der Waals surface area contributed by atoms with Crippen LogP contribution in [0.3, 0.4) is 0 Å².